The van der Waals surface area contributed by atoms with Crippen molar-refractivity contribution in [2.24, 2.45) is 5.73 Å². The molecular formula is C18H18N4O2. The van der Waals surface area contributed by atoms with Crippen LogP contribution in [0.5, 0.6) is 5.75 Å². The summed E-state index contributed by atoms with van der Waals surface area (Å²) in [7, 11) is 0. The van der Waals surface area contributed by atoms with Gasteiger partial charge in [-0.05, 0) is 61.2 Å². The molecule has 3 aromatic rings. The second-order valence-electron chi connectivity index (χ2n) is 6.10. The van der Waals surface area contributed by atoms with Crippen molar-refractivity contribution in [3.8, 4) is 17.2 Å². The zero-order valence-electron chi connectivity index (χ0n) is 13.2. The highest BCUT2D eigenvalue weighted by molar-refractivity contribution is 5.54. The first-order chi connectivity index (χ1) is 11.7. The maximum absolute atomic E-state index is 6.23. The van der Waals surface area contributed by atoms with E-state index in [0.717, 1.165) is 36.1 Å². The Balaban J connectivity index is 1.44. The van der Waals surface area contributed by atoms with E-state index in [1.165, 1.54) is 0 Å². The summed E-state index contributed by atoms with van der Waals surface area (Å²) in [6.45, 7) is 0.502. The number of nitrogens with two attached hydrogens (primary N) is 1. The summed E-state index contributed by atoms with van der Waals surface area (Å²) in [5.41, 5.74) is 7.75. The number of pyridine rings is 1. The summed E-state index contributed by atoms with van der Waals surface area (Å²) < 4.78 is 11.1. The minimum Gasteiger partial charge on any atom is -0.489 e. The lowest BCUT2D eigenvalue weighted by Crippen LogP contribution is -2.44. The van der Waals surface area contributed by atoms with Crippen molar-refractivity contribution in [1.82, 2.24) is 15.1 Å². The van der Waals surface area contributed by atoms with E-state index in [4.69, 9.17) is 15.0 Å². The minimum absolute atomic E-state index is 0.407. The van der Waals surface area contributed by atoms with Gasteiger partial charge in [0.25, 0.3) is 5.89 Å². The molecule has 1 aliphatic rings. The van der Waals surface area contributed by atoms with Crippen molar-refractivity contribution in [2.75, 3.05) is 0 Å². The molecule has 0 aliphatic heterocycles. The average Bonchev–Trinajstić information content (AvgIpc) is 3.10. The van der Waals surface area contributed by atoms with Crippen LogP contribution in [0, 0.1) is 0 Å². The van der Waals surface area contributed by atoms with E-state index in [0.29, 0.717) is 18.3 Å². The molecule has 0 atom stereocenters. The van der Waals surface area contributed by atoms with Crippen molar-refractivity contribution in [2.45, 2.75) is 31.4 Å². The number of hydrogen-bond donors (Lipinski definition) is 1. The van der Waals surface area contributed by atoms with Gasteiger partial charge in [-0.3, -0.25) is 4.98 Å². The van der Waals surface area contributed by atoms with Gasteiger partial charge in [0.05, 0.1) is 5.54 Å². The van der Waals surface area contributed by atoms with Crippen molar-refractivity contribution in [3.63, 3.8) is 0 Å². The molecule has 1 aliphatic carbocycles. The van der Waals surface area contributed by atoms with E-state index in [9.17, 15) is 0 Å². The lowest BCUT2D eigenvalue weighted by atomic mass is 9.77. The van der Waals surface area contributed by atoms with Gasteiger partial charge in [-0.15, -0.1) is 0 Å². The van der Waals surface area contributed by atoms with E-state index >= 15 is 0 Å². The highest BCUT2D eigenvalue weighted by atomic mass is 16.5. The topological polar surface area (TPSA) is 87.1 Å². The Hall–Kier alpha value is -2.73. The van der Waals surface area contributed by atoms with Crippen LogP contribution in [-0.4, -0.2) is 15.1 Å². The number of hydrogen-bond acceptors (Lipinski definition) is 6. The summed E-state index contributed by atoms with van der Waals surface area (Å²) in [6.07, 6.45) is 6.44. The molecule has 122 valence electrons. The molecule has 6 nitrogen and oxygen atoms in total. The van der Waals surface area contributed by atoms with E-state index in [1.54, 1.807) is 12.4 Å². The highest BCUT2D eigenvalue weighted by Crippen LogP contribution is 2.37. The zero-order chi connectivity index (χ0) is 16.4. The van der Waals surface area contributed by atoms with Gasteiger partial charge in [-0.1, -0.05) is 5.16 Å². The Bertz CT molecular complexity index is 811. The predicted octanol–water partition coefficient (Wildman–Crippen LogP) is 3.05. The SMILES string of the molecule is NC1(c2noc(-c3ccc(OCc4ccncc4)cc3)n2)CCC1. The molecule has 0 saturated heterocycles. The molecule has 0 amide bonds. The van der Waals surface area contributed by atoms with Gasteiger partial charge in [0, 0.05) is 18.0 Å². The molecule has 0 unspecified atom stereocenters. The number of benzene rings is 1. The molecule has 6 heteroatoms. The van der Waals surface area contributed by atoms with Gasteiger partial charge in [-0.25, -0.2) is 0 Å². The Morgan fingerprint density at radius 3 is 2.50 bits per heavy atom. The van der Waals surface area contributed by atoms with Crippen LogP contribution in [0.2, 0.25) is 0 Å². The Labute approximate surface area is 139 Å². The van der Waals surface area contributed by atoms with Gasteiger partial charge < -0.3 is 15.0 Å². The standard InChI is InChI=1S/C18H18N4O2/c19-18(8-1-9-18)17-21-16(24-22-17)14-2-4-15(5-3-14)23-12-13-6-10-20-11-7-13/h2-7,10-11H,1,8-9,12,19H2. The maximum Gasteiger partial charge on any atom is 0.257 e. The molecule has 0 radical (unpaired) electrons. The van der Waals surface area contributed by atoms with Crippen LogP contribution < -0.4 is 10.5 Å². The van der Waals surface area contributed by atoms with Gasteiger partial charge in [0.1, 0.15) is 12.4 Å². The van der Waals surface area contributed by atoms with Gasteiger partial charge in [-0.2, -0.15) is 4.98 Å². The van der Waals surface area contributed by atoms with Crippen LogP contribution in [-0.2, 0) is 12.1 Å². The number of ether oxygens (including phenoxy) is 1. The number of aromatic nitrogens is 3. The van der Waals surface area contributed by atoms with Crippen molar-refractivity contribution in [1.29, 1.82) is 0 Å². The third-order valence-corrected chi connectivity index (χ3v) is 4.37. The Morgan fingerprint density at radius 1 is 1.08 bits per heavy atom. The monoisotopic (exact) mass is 322 g/mol. The summed E-state index contributed by atoms with van der Waals surface area (Å²) in [4.78, 5) is 8.43. The third-order valence-electron chi connectivity index (χ3n) is 4.37. The molecule has 1 fully saturated rings. The summed E-state index contributed by atoms with van der Waals surface area (Å²) in [6, 6.07) is 11.4. The Kier molecular flexibility index (Phi) is 3.74. The van der Waals surface area contributed by atoms with Crippen LogP contribution in [0.3, 0.4) is 0 Å². The molecule has 4 rings (SSSR count). The molecule has 2 N–H and O–H groups in total. The molecule has 1 aromatic carbocycles. The fourth-order valence-corrected chi connectivity index (χ4v) is 2.66. The van der Waals surface area contributed by atoms with E-state index in [2.05, 4.69) is 15.1 Å². The molecular weight excluding hydrogens is 304 g/mol. The minimum atomic E-state index is -0.407. The van der Waals surface area contributed by atoms with Gasteiger partial charge >= 0.3 is 0 Å². The second kappa shape index (κ2) is 6.05. The molecule has 0 spiro atoms. The molecule has 0 bridgehead atoms. The summed E-state index contributed by atoms with van der Waals surface area (Å²) in [5, 5.41) is 4.04. The fraction of sp³-hybridized carbons (Fsp3) is 0.278. The van der Waals surface area contributed by atoms with E-state index in [1.807, 2.05) is 36.4 Å². The lowest BCUT2D eigenvalue weighted by molar-refractivity contribution is 0.229. The first-order valence-corrected chi connectivity index (χ1v) is 7.98. The van der Waals surface area contributed by atoms with Crippen LogP contribution in [0.1, 0.15) is 30.7 Å². The van der Waals surface area contributed by atoms with Crippen molar-refractivity contribution in [3.05, 3.63) is 60.2 Å². The zero-order valence-corrected chi connectivity index (χ0v) is 13.2. The maximum atomic E-state index is 6.23. The molecule has 2 heterocycles. The lowest BCUT2D eigenvalue weighted by Gasteiger charge is -2.34. The van der Waals surface area contributed by atoms with Crippen LogP contribution in [0.25, 0.3) is 11.5 Å². The van der Waals surface area contributed by atoms with E-state index in [-0.39, 0.29) is 0 Å². The predicted molar refractivity (Wildman–Crippen MR) is 88.0 cm³/mol. The molecule has 1 saturated carbocycles. The largest absolute Gasteiger partial charge is 0.489 e. The van der Waals surface area contributed by atoms with Crippen molar-refractivity contribution < 1.29 is 9.26 Å². The van der Waals surface area contributed by atoms with Crippen molar-refractivity contribution >= 4 is 0 Å². The first kappa shape index (κ1) is 14.8. The average molecular weight is 322 g/mol. The highest BCUT2D eigenvalue weighted by Gasteiger charge is 2.39. The quantitative estimate of drug-likeness (QED) is 0.777. The van der Waals surface area contributed by atoms with Crippen LogP contribution in [0.4, 0.5) is 0 Å². The van der Waals surface area contributed by atoms with Gasteiger partial charge in [0.2, 0.25) is 0 Å². The van der Waals surface area contributed by atoms with E-state index < -0.39 is 5.54 Å². The first-order valence-electron chi connectivity index (χ1n) is 7.98. The van der Waals surface area contributed by atoms with Gasteiger partial charge in [0.15, 0.2) is 5.82 Å². The second-order valence-corrected chi connectivity index (χ2v) is 6.10. The summed E-state index contributed by atoms with van der Waals surface area (Å²) >= 11 is 0. The number of nitrogens with zero attached hydrogens (tertiary/aromatic N) is 3. The number of rotatable bonds is 5. The Morgan fingerprint density at radius 2 is 1.83 bits per heavy atom. The normalized spacial score (nSPS) is 15.7. The molecule has 24 heavy (non-hydrogen) atoms. The van der Waals surface area contributed by atoms with Crippen LogP contribution in [0.15, 0.2) is 53.3 Å². The summed E-state index contributed by atoms with van der Waals surface area (Å²) in [5.74, 6) is 1.87. The fourth-order valence-electron chi connectivity index (χ4n) is 2.66. The molecule has 2 aromatic heterocycles. The van der Waals surface area contributed by atoms with Crippen LogP contribution >= 0.6 is 0 Å². The smallest absolute Gasteiger partial charge is 0.257 e. The third kappa shape index (κ3) is 2.88.